The number of nitrogens with one attached hydrogen (secondary N) is 1. The van der Waals surface area contributed by atoms with E-state index in [1.165, 1.54) is 4.88 Å². The molecule has 0 aliphatic carbocycles. The van der Waals surface area contributed by atoms with E-state index in [0.717, 1.165) is 27.5 Å². The number of aryl methyl sites for hydroxylation is 1. The van der Waals surface area contributed by atoms with E-state index in [0.29, 0.717) is 12.8 Å². The molecular weight excluding hydrogens is 400 g/mol. The van der Waals surface area contributed by atoms with E-state index in [-0.39, 0.29) is 12.6 Å². The Hall–Kier alpha value is -1.96. The van der Waals surface area contributed by atoms with E-state index < -0.39 is 0 Å². The number of allylic oxidation sites excluding steroid dienone is 1. The van der Waals surface area contributed by atoms with Crippen molar-refractivity contribution in [3.63, 3.8) is 0 Å². The fourth-order valence-corrected chi connectivity index (χ4v) is 4.01. The number of benzene rings is 1. The second kappa shape index (κ2) is 7.11. The lowest BCUT2D eigenvalue weighted by atomic mass is 10.0. The smallest absolute Gasteiger partial charge is 0.226 e. The highest BCUT2D eigenvalue weighted by Gasteiger charge is 2.25. The van der Waals surface area contributed by atoms with Crippen LogP contribution in [-0.2, 0) is 6.42 Å². The zero-order chi connectivity index (χ0) is 17.2. The van der Waals surface area contributed by atoms with Crippen molar-refractivity contribution in [2.45, 2.75) is 18.9 Å². The molecule has 0 spiro atoms. The predicted octanol–water partition coefficient (Wildman–Crippen LogP) is 4.08. The third kappa shape index (κ3) is 3.40. The van der Waals surface area contributed by atoms with Crippen LogP contribution in [0.1, 0.15) is 28.7 Å². The molecule has 4 rings (SSSR count). The summed E-state index contributed by atoms with van der Waals surface area (Å²) in [5.41, 5.74) is 2.19. The van der Waals surface area contributed by atoms with Gasteiger partial charge < -0.3 is 10.4 Å². The van der Waals surface area contributed by atoms with Crippen molar-refractivity contribution in [3.05, 3.63) is 68.6 Å². The fraction of sp³-hybridized carbons (Fsp3) is 0.222. The Kier molecular flexibility index (Phi) is 4.70. The summed E-state index contributed by atoms with van der Waals surface area (Å²) in [6.07, 6.45) is 3.51. The minimum absolute atomic E-state index is 0.0266. The predicted molar refractivity (Wildman–Crippen MR) is 104 cm³/mol. The molecule has 0 unspecified atom stereocenters. The van der Waals surface area contributed by atoms with Crippen LogP contribution in [0.15, 0.2) is 52.3 Å². The number of aliphatic hydroxyl groups excluding tert-OH is 1. The minimum atomic E-state index is -0.0266. The van der Waals surface area contributed by atoms with Crippen molar-refractivity contribution in [1.82, 2.24) is 14.8 Å². The van der Waals surface area contributed by atoms with Gasteiger partial charge in [-0.3, -0.25) is 0 Å². The number of aromatic nitrogens is 3. The molecule has 2 N–H and O–H groups in total. The first-order chi connectivity index (χ1) is 12.2. The molecule has 3 heterocycles. The Morgan fingerprint density at radius 1 is 1.28 bits per heavy atom. The van der Waals surface area contributed by atoms with E-state index in [9.17, 15) is 0 Å². The molecule has 1 aromatic carbocycles. The number of anilines is 1. The molecule has 1 aliphatic heterocycles. The number of hydrogen-bond acceptors (Lipinski definition) is 5. The second-order valence-corrected chi connectivity index (χ2v) is 7.67. The van der Waals surface area contributed by atoms with Crippen LogP contribution in [0.5, 0.6) is 0 Å². The normalized spacial score (nSPS) is 16.2. The van der Waals surface area contributed by atoms with Crippen LogP contribution in [0.4, 0.5) is 5.95 Å². The Morgan fingerprint density at radius 3 is 2.96 bits per heavy atom. The van der Waals surface area contributed by atoms with Gasteiger partial charge >= 0.3 is 0 Å². The van der Waals surface area contributed by atoms with Gasteiger partial charge in [0.2, 0.25) is 5.95 Å². The largest absolute Gasteiger partial charge is 0.396 e. The lowest BCUT2D eigenvalue weighted by molar-refractivity contribution is 0.287. The average molecular weight is 417 g/mol. The quantitative estimate of drug-likeness (QED) is 0.657. The van der Waals surface area contributed by atoms with Gasteiger partial charge in [0, 0.05) is 17.5 Å². The van der Waals surface area contributed by atoms with Gasteiger partial charge in [0.05, 0.1) is 10.6 Å². The summed E-state index contributed by atoms with van der Waals surface area (Å²) in [6.45, 7) is 0.144. The first-order valence-electron chi connectivity index (χ1n) is 8.09. The van der Waals surface area contributed by atoms with Crippen LogP contribution in [-0.4, -0.2) is 26.5 Å². The maximum Gasteiger partial charge on any atom is 0.226 e. The molecule has 0 amide bonds. The standard InChI is InChI=1S/C18H17BrN4OS/c19-13-5-1-4-12(10-13)15-11-14(16-6-3-9-25-16)20-18-21-17(7-2-8-24)22-23(15)18/h1,3-6,9-11,15,24H,2,7-8H2,(H,20,21,22)/t15-/m0/s1. The van der Waals surface area contributed by atoms with Crippen molar-refractivity contribution in [3.8, 4) is 0 Å². The van der Waals surface area contributed by atoms with E-state index >= 15 is 0 Å². The van der Waals surface area contributed by atoms with E-state index in [1.54, 1.807) is 11.3 Å². The number of hydrogen-bond donors (Lipinski definition) is 2. The van der Waals surface area contributed by atoms with E-state index in [4.69, 9.17) is 5.11 Å². The molecule has 1 atom stereocenters. The summed E-state index contributed by atoms with van der Waals surface area (Å²) in [6, 6.07) is 12.4. The van der Waals surface area contributed by atoms with Gasteiger partial charge in [-0.1, -0.05) is 34.1 Å². The summed E-state index contributed by atoms with van der Waals surface area (Å²) in [7, 11) is 0. The van der Waals surface area contributed by atoms with Crippen LogP contribution in [0.3, 0.4) is 0 Å². The minimum Gasteiger partial charge on any atom is -0.396 e. The van der Waals surface area contributed by atoms with Gasteiger partial charge in [0.1, 0.15) is 6.04 Å². The molecular formula is C18H17BrN4OS. The van der Waals surface area contributed by atoms with Gasteiger partial charge in [0.25, 0.3) is 0 Å². The van der Waals surface area contributed by atoms with Crippen molar-refractivity contribution >= 4 is 38.9 Å². The molecule has 0 saturated heterocycles. The molecule has 1 aliphatic rings. The summed E-state index contributed by atoms with van der Waals surface area (Å²) in [5, 5.41) is 19.2. The van der Waals surface area contributed by atoms with Crippen LogP contribution in [0.25, 0.3) is 5.70 Å². The van der Waals surface area contributed by atoms with Crippen LogP contribution >= 0.6 is 27.3 Å². The Morgan fingerprint density at radius 2 is 2.20 bits per heavy atom. The van der Waals surface area contributed by atoms with Gasteiger partial charge in [0.15, 0.2) is 5.82 Å². The zero-order valence-corrected chi connectivity index (χ0v) is 15.8. The topological polar surface area (TPSA) is 63.0 Å². The molecule has 5 nitrogen and oxygen atoms in total. The Bertz CT molecular complexity index is 904. The highest BCUT2D eigenvalue weighted by atomic mass is 79.9. The van der Waals surface area contributed by atoms with Gasteiger partial charge in [-0.2, -0.15) is 10.1 Å². The zero-order valence-electron chi connectivity index (χ0n) is 13.4. The summed E-state index contributed by atoms with van der Waals surface area (Å²) in [5.74, 6) is 1.49. The molecule has 0 radical (unpaired) electrons. The number of rotatable bonds is 5. The Labute approximate surface area is 158 Å². The average Bonchev–Trinajstić information content (AvgIpc) is 3.28. The first kappa shape index (κ1) is 16.5. The van der Waals surface area contributed by atoms with Gasteiger partial charge in [-0.05, 0) is 41.6 Å². The second-order valence-electron chi connectivity index (χ2n) is 5.81. The van der Waals surface area contributed by atoms with Crippen molar-refractivity contribution in [2.24, 2.45) is 0 Å². The van der Waals surface area contributed by atoms with Gasteiger partial charge in [-0.25, -0.2) is 4.68 Å². The number of nitrogens with zero attached hydrogens (tertiary/aromatic N) is 3. The van der Waals surface area contributed by atoms with Gasteiger partial charge in [-0.15, -0.1) is 11.3 Å². The summed E-state index contributed by atoms with van der Waals surface area (Å²) < 4.78 is 2.96. The maximum absolute atomic E-state index is 9.07. The lowest BCUT2D eigenvalue weighted by Gasteiger charge is -2.23. The lowest BCUT2D eigenvalue weighted by Crippen LogP contribution is -2.20. The molecule has 0 bridgehead atoms. The number of halogens is 1. The number of thiophene rings is 1. The third-order valence-electron chi connectivity index (χ3n) is 4.04. The fourth-order valence-electron chi connectivity index (χ4n) is 2.88. The molecule has 7 heteroatoms. The summed E-state index contributed by atoms with van der Waals surface area (Å²) >= 11 is 5.25. The molecule has 0 saturated carbocycles. The molecule has 25 heavy (non-hydrogen) atoms. The molecule has 128 valence electrons. The summed E-state index contributed by atoms with van der Waals surface area (Å²) in [4.78, 5) is 5.80. The van der Waals surface area contributed by atoms with E-state index in [2.05, 4.69) is 61.0 Å². The van der Waals surface area contributed by atoms with Crippen LogP contribution in [0, 0.1) is 0 Å². The van der Waals surface area contributed by atoms with Crippen molar-refractivity contribution in [1.29, 1.82) is 0 Å². The molecule has 0 fully saturated rings. The van der Waals surface area contributed by atoms with Crippen LogP contribution < -0.4 is 5.32 Å². The third-order valence-corrected chi connectivity index (χ3v) is 5.44. The molecule has 2 aromatic heterocycles. The highest BCUT2D eigenvalue weighted by molar-refractivity contribution is 9.10. The highest BCUT2D eigenvalue weighted by Crippen LogP contribution is 2.34. The SMILES string of the molecule is OCCCc1nc2n(n1)[C@H](c1cccc(Br)c1)C=C(c1cccs1)N2. The first-order valence-corrected chi connectivity index (χ1v) is 9.76. The number of aliphatic hydroxyl groups is 1. The van der Waals surface area contributed by atoms with Crippen molar-refractivity contribution < 1.29 is 5.11 Å². The monoisotopic (exact) mass is 416 g/mol. The molecule has 3 aromatic rings. The van der Waals surface area contributed by atoms with Crippen molar-refractivity contribution in [2.75, 3.05) is 11.9 Å². The van der Waals surface area contributed by atoms with E-state index in [1.807, 2.05) is 22.9 Å². The maximum atomic E-state index is 9.07. The Balaban J connectivity index is 1.77. The van der Waals surface area contributed by atoms with Crippen LogP contribution in [0.2, 0.25) is 0 Å². The number of fused-ring (bicyclic) bond motifs is 1.